The van der Waals surface area contributed by atoms with Crippen molar-refractivity contribution in [2.75, 3.05) is 6.61 Å². The van der Waals surface area contributed by atoms with Crippen molar-refractivity contribution in [3.05, 3.63) is 0 Å². The van der Waals surface area contributed by atoms with Crippen molar-refractivity contribution in [3.8, 4) is 0 Å². The van der Waals surface area contributed by atoms with Crippen LogP contribution in [0.1, 0.15) is 32.1 Å². The normalized spacial score (nSPS) is 19.7. The fourth-order valence-electron chi connectivity index (χ4n) is 1.66. The zero-order chi connectivity index (χ0) is 12.9. The molecule has 0 aromatic rings. The first-order chi connectivity index (χ1) is 7.92. The van der Waals surface area contributed by atoms with Crippen molar-refractivity contribution in [1.29, 1.82) is 0 Å². The average molecular weight is 271 g/mol. The molecule has 1 atom stereocenters. The SMILES string of the molecule is O=C(NC1CCCCC1)OCC(F)(F)S(=O)O. The fourth-order valence-corrected chi connectivity index (χ4v) is 1.81. The zero-order valence-electron chi connectivity index (χ0n) is 9.16. The Morgan fingerprint density at radius 3 is 2.53 bits per heavy atom. The molecule has 0 aromatic carbocycles. The molecule has 0 heterocycles. The second-order valence-corrected chi connectivity index (χ2v) is 5.04. The third-order valence-corrected chi connectivity index (χ3v) is 3.18. The predicted molar refractivity (Wildman–Crippen MR) is 57.1 cm³/mol. The minimum Gasteiger partial charge on any atom is -0.442 e. The summed E-state index contributed by atoms with van der Waals surface area (Å²) in [4.78, 5) is 11.1. The van der Waals surface area contributed by atoms with Crippen LogP contribution in [0.5, 0.6) is 0 Å². The summed E-state index contributed by atoms with van der Waals surface area (Å²) in [6.45, 7) is -1.39. The highest BCUT2D eigenvalue weighted by molar-refractivity contribution is 7.80. The summed E-state index contributed by atoms with van der Waals surface area (Å²) >= 11 is -3.34. The number of alkyl carbamates (subject to hydrolysis) is 1. The summed E-state index contributed by atoms with van der Waals surface area (Å²) in [6.07, 6.45) is 3.72. The summed E-state index contributed by atoms with van der Waals surface area (Å²) < 4.78 is 47.9. The topological polar surface area (TPSA) is 75.6 Å². The van der Waals surface area contributed by atoms with Crippen LogP contribution in [-0.2, 0) is 15.8 Å². The van der Waals surface area contributed by atoms with Gasteiger partial charge in [-0.2, -0.15) is 8.78 Å². The standard InChI is InChI=1S/C9H15F2NO4S/c10-9(11,17(14)15)6-16-8(13)12-7-4-2-1-3-5-7/h7H,1-6H2,(H,12,13)(H,14,15). The molecule has 1 aliphatic rings. The van der Waals surface area contributed by atoms with Crippen molar-refractivity contribution in [1.82, 2.24) is 5.32 Å². The highest BCUT2D eigenvalue weighted by Crippen LogP contribution is 2.19. The second kappa shape index (κ2) is 6.25. The maximum atomic E-state index is 12.6. The Hall–Kier alpha value is -0.760. The van der Waals surface area contributed by atoms with Gasteiger partial charge in [-0.15, -0.1) is 0 Å². The van der Waals surface area contributed by atoms with Crippen LogP contribution in [-0.4, -0.2) is 32.8 Å². The van der Waals surface area contributed by atoms with E-state index in [0.29, 0.717) is 0 Å². The highest BCUT2D eigenvalue weighted by atomic mass is 32.2. The van der Waals surface area contributed by atoms with Crippen molar-refractivity contribution >= 4 is 17.2 Å². The molecule has 0 aliphatic heterocycles. The monoisotopic (exact) mass is 271 g/mol. The second-order valence-electron chi connectivity index (χ2n) is 3.94. The largest absolute Gasteiger partial charge is 0.442 e. The molecule has 0 bridgehead atoms. The van der Waals surface area contributed by atoms with Crippen LogP contribution in [0.15, 0.2) is 0 Å². The van der Waals surface area contributed by atoms with Crippen LogP contribution < -0.4 is 5.32 Å². The summed E-state index contributed by atoms with van der Waals surface area (Å²) in [5.74, 6) is 0. The van der Waals surface area contributed by atoms with Gasteiger partial charge in [-0.25, -0.2) is 9.00 Å². The predicted octanol–water partition coefficient (Wildman–Crippen LogP) is 1.86. The number of hydrogen-bond donors (Lipinski definition) is 2. The molecule has 1 unspecified atom stereocenters. The minimum absolute atomic E-state index is 0.0514. The molecule has 0 radical (unpaired) electrons. The molecule has 1 fully saturated rings. The van der Waals surface area contributed by atoms with Gasteiger partial charge in [0.15, 0.2) is 6.61 Å². The molecular formula is C9H15F2NO4S. The van der Waals surface area contributed by atoms with Gasteiger partial charge >= 0.3 is 11.3 Å². The summed E-state index contributed by atoms with van der Waals surface area (Å²) in [5, 5.41) is -1.47. The van der Waals surface area contributed by atoms with Crippen LogP contribution in [0.25, 0.3) is 0 Å². The van der Waals surface area contributed by atoms with Gasteiger partial charge in [0.1, 0.15) is 0 Å². The molecule has 100 valence electrons. The van der Waals surface area contributed by atoms with Gasteiger partial charge in [0.25, 0.3) is 0 Å². The van der Waals surface area contributed by atoms with Gasteiger partial charge < -0.3 is 14.6 Å². The van der Waals surface area contributed by atoms with E-state index in [2.05, 4.69) is 10.1 Å². The molecule has 0 spiro atoms. The molecular weight excluding hydrogens is 256 g/mol. The van der Waals surface area contributed by atoms with Gasteiger partial charge in [0.2, 0.25) is 11.1 Å². The van der Waals surface area contributed by atoms with Crippen molar-refractivity contribution in [2.45, 2.75) is 43.4 Å². The van der Waals surface area contributed by atoms with Crippen molar-refractivity contribution in [2.24, 2.45) is 0 Å². The van der Waals surface area contributed by atoms with E-state index in [4.69, 9.17) is 4.55 Å². The minimum atomic E-state index is -3.93. The van der Waals surface area contributed by atoms with E-state index < -0.39 is 29.0 Å². The molecule has 1 amide bonds. The number of amides is 1. The molecule has 1 aliphatic carbocycles. The number of carbonyl (C=O) groups is 1. The number of ether oxygens (including phenoxy) is 1. The third kappa shape index (κ3) is 4.95. The van der Waals surface area contributed by atoms with Gasteiger partial charge in [0, 0.05) is 6.04 Å². The van der Waals surface area contributed by atoms with Gasteiger partial charge in [-0.05, 0) is 12.8 Å². The van der Waals surface area contributed by atoms with Crippen molar-refractivity contribution < 1.29 is 27.1 Å². The van der Waals surface area contributed by atoms with Crippen LogP contribution >= 0.6 is 0 Å². The van der Waals surface area contributed by atoms with E-state index in [1.54, 1.807) is 0 Å². The Balaban J connectivity index is 2.27. The molecule has 1 rings (SSSR count). The lowest BCUT2D eigenvalue weighted by atomic mass is 9.96. The smallest absolute Gasteiger partial charge is 0.407 e. The first kappa shape index (κ1) is 14.3. The van der Waals surface area contributed by atoms with E-state index in [0.717, 1.165) is 32.1 Å². The molecule has 0 saturated heterocycles. The maximum absolute atomic E-state index is 12.6. The number of halogens is 2. The van der Waals surface area contributed by atoms with Crippen LogP contribution in [0, 0.1) is 0 Å². The molecule has 1 saturated carbocycles. The first-order valence-corrected chi connectivity index (χ1v) is 6.44. The van der Waals surface area contributed by atoms with Gasteiger partial charge in [-0.1, -0.05) is 19.3 Å². The molecule has 0 aromatic heterocycles. The van der Waals surface area contributed by atoms with Crippen LogP contribution in [0.3, 0.4) is 0 Å². The fraction of sp³-hybridized carbons (Fsp3) is 0.889. The molecule has 2 N–H and O–H groups in total. The van der Waals surface area contributed by atoms with E-state index in [9.17, 15) is 17.8 Å². The summed E-state index contributed by atoms with van der Waals surface area (Å²) in [6, 6.07) is -0.0514. The summed E-state index contributed by atoms with van der Waals surface area (Å²) in [7, 11) is 0. The van der Waals surface area contributed by atoms with Gasteiger partial charge in [-0.3, -0.25) is 0 Å². The molecule has 17 heavy (non-hydrogen) atoms. The van der Waals surface area contributed by atoms with E-state index >= 15 is 0 Å². The molecule has 5 nitrogen and oxygen atoms in total. The highest BCUT2D eigenvalue weighted by Gasteiger charge is 2.38. The molecule has 8 heteroatoms. The van der Waals surface area contributed by atoms with Crippen LogP contribution in [0.4, 0.5) is 13.6 Å². The Labute approximate surface area is 100 Å². The lowest BCUT2D eigenvalue weighted by molar-refractivity contribution is 0.0115. The summed E-state index contributed by atoms with van der Waals surface area (Å²) in [5.41, 5.74) is 0. The van der Waals surface area contributed by atoms with Crippen molar-refractivity contribution in [3.63, 3.8) is 0 Å². The van der Waals surface area contributed by atoms with E-state index in [1.165, 1.54) is 0 Å². The van der Waals surface area contributed by atoms with E-state index in [-0.39, 0.29) is 6.04 Å². The Morgan fingerprint density at radius 1 is 1.41 bits per heavy atom. The number of alkyl halides is 2. The number of nitrogens with one attached hydrogen (secondary N) is 1. The Kier molecular flexibility index (Phi) is 5.26. The Bertz CT molecular complexity index is 295. The number of rotatable bonds is 4. The lowest BCUT2D eigenvalue weighted by Crippen LogP contribution is -2.39. The number of hydrogen-bond acceptors (Lipinski definition) is 3. The zero-order valence-corrected chi connectivity index (χ0v) is 9.97. The van der Waals surface area contributed by atoms with E-state index in [1.807, 2.05) is 0 Å². The lowest BCUT2D eigenvalue weighted by Gasteiger charge is -2.22. The third-order valence-electron chi connectivity index (χ3n) is 2.55. The Morgan fingerprint density at radius 2 is 2.00 bits per heavy atom. The van der Waals surface area contributed by atoms with Crippen LogP contribution in [0.2, 0.25) is 0 Å². The average Bonchev–Trinajstić information content (AvgIpc) is 2.28. The van der Waals surface area contributed by atoms with Gasteiger partial charge in [0.05, 0.1) is 0 Å². The quantitative estimate of drug-likeness (QED) is 0.765. The number of carbonyl (C=O) groups excluding carboxylic acids is 1. The maximum Gasteiger partial charge on any atom is 0.407 e. The first-order valence-electron chi connectivity index (χ1n) is 5.34.